The van der Waals surface area contributed by atoms with Gasteiger partial charge in [0.15, 0.2) is 0 Å². The van der Waals surface area contributed by atoms with Gasteiger partial charge in [0.25, 0.3) is 0 Å². The fourth-order valence-electron chi connectivity index (χ4n) is 3.69. The summed E-state index contributed by atoms with van der Waals surface area (Å²) < 4.78 is 32.8. The van der Waals surface area contributed by atoms with Crippen LogP contribution in [0.3, 0.4) is 0 Å². The second kappa shape index (κ2) is 7.95. The van der Waals surface area contributed by atoms with Crippen LogP contribution in [0.2, 0.25) is 5.02 Å². The summed E-state index contributed by atoms with van der Waals surface area (Å²) in [6, 6.07) is 13.2. The third kappa shape index (κ3) is 4.12. The normalized spacial score (nSPS) is 15.4. The molecule has 0 N–H and O–H groups in total. The van der Waals surface area contributed by atoms with Crippen LogP contribution in [0.4, 0.5) is 0 Å². The first-order valence-electron chi connectivity index (χ1n) is 9.45. The van der Waals surface area contributed by atoms with Crippen molar-refractivity contribution in [2.45, 2.75) is 19.5 Å². The number of rotatable bonds is 5. The van der Waals surface area contributed by atoms with E-state index in [1.807, 2.05) is 49.5 Å². The van der Waals surface area contributed by atoms with E-state index in [4.69, 9.17) is 16.0 Å². The van der Waals surface area contributed by atoms with E-state index in [9.17, 15) is 8.42 Å². The average molecular weight is 431 g/mol. The first-order chi connectivity index (χ1) is 13.8. The fraction of sp³-hybridized carbons (Fsp3) is 0.273. The molecule has 7 heteroatoms. The molecule has 4 rings (SSSR count). The summed E-state index contributed by atoms with van der Waals surface area (Å²) >= 11 is 6.43. The minimum absolute atomic E-state index is 0.309. The van der Waals surface area contributed by atoms with Gasteiger partial charge in [-0.05, 0) is 42.8 Å². The van der Waals surface area contributed by atoms with Crippen molar-refractivity contribution in [2.24, 2.45) is 0 Å². The highest BCUT2D eigenvalue weighted by molar-refractivity contribution is 7.92. The molecule has 0 unspecified atom stereocenters. The maximum absolute atomic E-state index is 12.8. The number of sulfonamides is 1. The van der Waals surface area contributed by atoms with Crippen LogP contribution in [-0.4, -0.2) is 38.3 Å². The molecule has 0 aliphatic carbocycles. The van der Waals surface area contributed by atoms with Crippen LogP contribution < -0.4 is 0 Å². The molecule has 0 radical (unpaired) electrons. The molecule has 0 saturated heterocycles. The van der Waals surface area contributed by atoms with E-state index in [0.29, 0.717) is 18.8 Å². The lowest BCUT2D eigenvalue weighted by atomic mass is 10.0. The zero-order chi connectivity index (χ0) is 20.6. The number of hydrogen-bond donors (Lipinski definition) is 0. The Morgan fingerprint density at radius 2 is 1.93 bits per heavy atom. The van der Waals surface area contributed by atoms with Gasteiger partial charge in [-0.25, -0.2) is 8.42 Å². The predicted molar refractivity (Wildman–Crippen MR) is 117 cm³/mol. The Hall–Kier alpha value is -2.12. The zero-order valence-corrected chi connectivity index (χ0v) is 18.0. The lowest BCUT2D eigenvalue weighted by Crippen LogP contribution is -2.24. The highest BCUT2D eigenvalue weighted by Gasteiger charge is 2.23. The van der Waals surface area contributed by atoms with E-state index in [2.05, 4.69) is 4.90 Å². The maximum Gasteiger partial charge on any atom is 0.236 e. The lowest BCUT2D eigenvalue weighted by molar-refractivity contribution is 0.334. The van der Waals surface area contributed by atoms with Crippen LogP contribution in [0.25, 0.3) is 17.0 Å². The topological polar surface area (TPSA) is 53.8 Å². The Kier molecular flexibility index (Phi) is 5.53. The van der Waals surface area contributed by atoms with Gasteiger partial charge in [-0.3, -0.25) is 0 Å². The summed E-state index contributed by atoms with van der Waals surface area (Å²) in [6.07, 6.45) is 2.39. The molecule has 29 heavy (non-hydrogen) atoms. The Morgan fingerprint density at radius 1 is 1.17 bits per heavy atom. The molecule has 5 nitrogen and oxygen atoms in total. The number of hydrogen-bond acceptors (Lipinski definition) is 4. The van der Waals surface area contributed by atoms with Crippen molar-refractivity contribution in [3.05, 3.63) is 75.3 Å². The third-order valence-corrected chi connectivity index (χ3v) is 7.11. The average Bonchev–Trinajstić information content (AvgIpc) is 2.93. The molecule has 1 aliphatic heterocycles. The SMILES string of the molecule is CN1CCc2c(Cl)ccc3oc(/C=C/S(=O)(=O)N(C)Cc4ccccc4)c(c23)C1. The van der Waals surface area contributed by atoms with E-state index < -0.39 is 10.0 Å². The summed E-state index contributed by atoms with van der Waals surface area (Å²) in [7, 11) is 0.0247. The molecular formula is C22H23ClN2O3S. The van der Waals surface area contributed by atoms with Crippen LogP contribution in [-0.2, 0) is 29.5 Å². The minimum Gasteiger partial charge on any atom is -0.456 e. The molecular weight excluding hydrogens is 408 g/mol. The van der Waals surface area contributed by atoms with Crippen molar-refractivity contribution in [3.63, 3.8) is 0 Å². The standard InChI is InChI=1S/C22H23ClN2O3S/c1-24-12-10-17-19(23)8-9-21-22(17)18(15-24)20(28-21)11-13-29(26,27)25(2)14-16-6-4-3-5-7-16/h3-9,11,13H,10,12,14-15H2,1-2H3/b13-11+. The van der Waals surface area contributed by atoms with Crippen LogP contribution in [0.15, 0.2) is 52.3 Å². The number of halogens is 1. The van der Waals surface area contributed by atoms with E-state index in [-0.39, 0.29) is 0 Å². The van der Waals surface area contributed by atoms with Gasteiger partial charge in [-0.15, -0.1) is 0 Å². The predicted octanol–water partition coefficient (Wildman–Crippen LogP) is 4.51. The van der Waals surface area contributed by atoms with E-state index in [0.717, 1.165) is 45.6 Å². The molecule has 152 valence electrons. The van der Waals surface area contributed by atoms with Crippen molar-refractivity contribution < 1.29 is 12.8 Å². The smallest absolute Gasteiger partial charge is 0.236 e. The van der Waals surface area contributed by atoms with Gasteiger partial charge in [0.05, 0.1) is 0 Å². The maximum atomic E-state index is 12.8. The van der Waals surface area contributed by atoms with Gasteiger partial charge >= 0.3 is 0 Å². The lowest BCUT2D eigenvalue weighted by Gasteiger charge is -2.15. The van der Waals surface area contributed by atoms with Crippen LogP contribution in [0.1, 0.15) is 22.5 Å². The van der Waals surface area contributed by atoms with Gasteiger partial charge < -0.3 is 9.32 Å². The number of nitrogens with zero attached hydrogens (tertiary/aromatic N) is 2. The van der Waals surface area contributed by atoms with Gasteiger partial charge in [-0.2, -0.15) is 4.31 Å². The summed E-state index contributed by atoms with van der Waals surface area (Å²) in [5, 5.41) is 2.95. The molecule has 0 atom stereocenters. The Labute approximate surface area is 176 Å². The molecule has 0 bridgehead atoms. The molecule has 3 aromatic rings. The van der Waals surface area contributed by atoms with Crippen molar-refractivity contribution in [1.82, 2.24) is 9.21 Å². The molecule has 2 aromatic carbocycles. The quantitative estimate of drug-likeness (QED) is 0.597. The first kappa shape index (κ1) is 20.2. The Morgan fingerprint density at radius 3 is 2.69 bits per heavy atom. The summed E-state index contributed by atoms with van der Waals surface area (Å²) in [4.78, 5) is 2.19. The van der Waals surface area contributed by atoms with Gasteiger partial charge in [-0.1, -0.05) is 41.9 Å². The van der Waals surface area contributed by atoms with Gasteiger partial charge in [0.1, 0.15) is 11.3 Å². The number of benzene rings is 2. The minimum atomic E-state index is -3.59. The van der Waals surface area contributed by atoms with E-state index in [1.54, 1.807) is 13.1 Å². The monoisotopic (exact) mass is 430 g/mol. The largest absolute Gasteiger partial charge is 0.456 e. The van der Waals surface area contributed by atoms with Gasteiger partial charge in [0, 0.05) is 48.1 Å². The molecule has 0 spiro atoms. The summed E-state index contributed by atoms with van der Waals surface area (Å²) in [5.41, 5.74) is 3.72. The second-order valence-electron chi connectivity index (χ2n) is 7.42. The summed E-state index contributed by atoms with van der Waals surface area (Å²) in [5.74, 6) is 0.564. The Balaban J connectivity index is 1.67. The van der Waals surface area contributed by atoms with Crippen molar-refractivity contribution in [1.29, 1.82) is 0 Å². The van der Waals surface area contributed by atoms with Crippen LogP contribution >= 0.6 is 11.6 Å². The molecule has 0 saturated carbocycles. The zero-order valence-electron chi connectivity index (χ0n) is 16.4. The van der Waals surface area contributed by atoms with E-state index >= 15 is 0 Å². The van der Waals surface area contributed by atoms with Crippen LogP contribution in [0.5, 0.6) is 0 Å². The van der Waals surface area contributed by atoms with Gasteiger partial charge in [0.2, 0.25) is 10.0 Å². The van der Waals surface area contributed by atoms with Crippen molar-refractivity contribution >= 4 is 38.7 Å². The number of likely N-dealkylation sites (N-methyl/N-ethyl adjacent to an activating group) is 1. The molecule has 0 fully saturated rings. The summed E-state index contributed by atoms with van der Waals surface area (Å²) in [6.45, 7) is 1.87. The van der Waals surface area contributed by atoms with Crippen molar-refractivity contribution in [3.8, 4) is 0 Å². The van der Waals surface area contributed by atoms with Crippen molar-refractivity contribution in [2.75, 3.05) is 20.6 Å². The Bertz CT molecular complexity index is 1170. The number of furan rings is 1. The molecule has 1 aromatic heterocycles. The fourth-order valence-corrected chi connectivity index (χ4v) is 4.77. The first-order valence-corrected chi connectivity index (χ1v) is 11.3. The third-order valence-electron chi connectivity index (χ3n) is 5.28. The highest BCUT2D eigenvalue weighted by Crippen LogP contribution is 2.36. The van der Waals surface area contributed by atoms with Crippen LogP contribution in [0, 0.1) is 0 Å². The molecule has 2 heterocycles. The molecule has 0 amide bonds. The molecule has 1 aliphatic rings. The van der Waals surface area contributed by atoms with E-state index in [1.165, 1.54) is 9.71 Å². The second-order valence-corrected chi connectivity index (χ2v) is 9.75. The highest BCUT2D eigenvalue weighted by atomic mass is 35.5.